The highest BCUT2D eigenvalue weighted by Gasteiger charge is 2.41. The minimum Gasteiger partial charge on any atom is -0.481 e. The van der Waals surface area contributed by atoms with E-state index in [9.17, 15) is 9.90 Å². The zero-order valence-electron chi connectivity index (χ0n) is 11.5. The van der Waals surface area contributed by atoms with E-state index >= 15 is 0 Å². The van der Waals surface area contributed by atoms with Crippen molar-refractivity contribution in [3.8, 4) is 11.4 Å². The molecule has 1 heterocycles. The van der Waals surface area contributed by atoms with Gasteiger partial charge in [-0.05, 0) is 43.0 Å². The van der Waals surface area contributed by atoms with Crippen LogP contribution in [-0.4, -0.2) is 21.2 Å². The van der Waals surface area contributed by atoms with Gasteiger partial charge in [0.15, 0.2) is 0 Å². The predicted molar refractivity (Wildman–Crippen MR) is 77.0 cm³/mol. The van der Waals surface area contributed by atoms with E-state index < -0.39 is 11.9 Å². The molecule has 1 aromatic carbocycles. The third-order valence-electron chi connectivity index (χ3n) is 3.98. The Balaban J connectivity index is 1.87. The van der Waals surface area contributed by atoms with Gasteiger partial charge in [-0.2, -0.15) is 4.98 Å². The summed E-state index contributed by atoms with van der Waals surface area (Å²) in [5.74, 6) is -0.218. The van der Waals surface area contributed by atoms with Gasteiger partial charge in [-0.25, -0.2) is 0 Å². The molecule has 0 amide bonds. The van der Waals surface area contributed by atoms with Crippen molar-refractivity contribution < 1.29 is 14.4 Å². The molecule has 0 radical (unpaired) electrons. The van der Waals surface area contributed by atoms with Gasteiger partial charge in [-0.3, -0.25) is 4.79 Å². The zero-order chi connectivity index (χ0) is 15.0. The Morgan fingerprint density at radius 3 is 2.71 bits per heavy atom. The molecule has 0 spiro atoms. The first-order chi connectivity index (χ1) is 10.0. The van der Waals surface area contributed by atoms with E-state index in [-0.39, 0.29) is 5.92 Å². The minimum absolute atomic E-state index is 0.203. The fourth-order valence-corrected chi connectivity index (χ4v) is 3.07. The van der Waals surface area contributed by atoms with Gasteiger partial charge in [-0.15, -0.1) is 0 Å². The smallest absolute Gasteiger partial charge is 0.307 e. The van der Waals surface area contributed by atoms with Crippen LogP contribution in [-0.2, 0) is 4.79 Å². The molecule has 0 aliphatic heterocycles. The number of hydrogen-bond acceptors (Lipinski definition) is 4. The maximum absolute atomic E-state index is 11.3. The lowest BCUT2D eigenvalue weighted by atomic mass is 9.96. The van der Waals surface area contributed by atoms with Gasteiger partial charge in [0.2, 0.25) is 11.7 Å². The number of carbonyl (C=O) groups is 1. The van der Waals surface area contributed by atoms with Crippen molar-refractivity contribution in [3.05, 3.63) is 35.2 Å². The molecule has 1 fully saturated rings. The molecular weight excluding hydrogens is 292 g/mol. The van der Waals surface area contributed by atoms with Crippen molar-refractivity contribution in [1.29, 1.82) is 0 Å². The molecule has 5 nitrogen and oxygen atoms in total. The minimum atomic E-state index is -0.796. The van der Waals surface area contributed by atoms with Crippen molar-refractivity contribution in [3.63, 3.8) is 0 Å². The molecule has 3 unspecified atom stereocenters. The lowest BCUT2D eigenvalue weighted by Crippen LogP contribution is -2.17. The molecule has 1 saturated carbocycles. The second-order valence-corrected chi connectivity index (χ2v) is 6.03. The number of benzene rings is 1. The summed E-state index contributed by atoms with van der Waals surface area (Å²) >= 11 is 5.85. The highest BCUT2D eigenvalue weighted by atomic mass is 35.5. The summed E-state index contributed by atoms with van der Waals surface area (Å²) < 4.78 is 5.30. The van der Waals surface area contributed by atoms with Crippen molar-refractivity contribution >= 4 is 17.6 Å². The lowest BCUT2D eigenvalue weighted by molar-refractivity contribution is -0.142. The van der Waals surface area contributed by atoms with Crippen LogP contribution in [0.2, 0.25) is 5.02 Å². The van der Waals surface area contributed by atoms with Crippen molar-refractivity contribution in [2.24, 2.45) is 11.8 Å². The Kier molecular flexibility index (Phi) is 3.68. The van der Waals surface area contributed by atoms with Crippen LogP contribution < -0.4 is 0 Å². The first-order valence-corrected chi connectivity index (χ1v) is 7.24. The summed E-state index contributed by atoms with van der Waals surface area (Å²) in [4.78, 5) is 15.7. The van der Waals surface area contributed by atoms with E-state index in [1.54, 1.807) is 12.1 Å². The Morgan fingerprint density at radius 1 is 1.33 bits per heavy atom. The number of aromatic nitrogens is 2. The summed E-state index contributed by atoms with van der Waals surface area (Å²) in [5.41, 5.74) is 0.798. The molecule has 3 atom stereocenters. The molecule has 3 rings (SSSR count). The Bertz CT molecular complexity index is 653. The third kappa shape index (κ3) is 2.78. The molecule has 6 heteroatoms. The van der Waals surface area contributed by atoms with Gasteiger partial charge < -0.3 is 9.63 Å². The van der Waals surface area contributed by atoms with Crippen LogP contribution in [0.25, 0.3) is 11.4 Å². The standard InChI is InChI=1S/C15H15ClN2O3/c1-8-6-11(12(7-8)15(19)20)14-17-13(18-21-14)9-2-4-10(16)5-3-9/h2-5,8,11-12H,6-7H2,1H3,(H,19,20). The van der Waals surface area contributed by atoms with E-state index in [2.05, 4.69) is 10.1 Å². The fraction of sp³-hybridized carbons (Fsp3) is 0.400. The van der Waals surface area contributed by atoms with Crippen LogP contribution in [0.3, 0.4) is 0 Å². The molecule has 0 bridgehead atoms. The Labute approximate surface area is 126 Å². The van der Waals surface area contributed by atoms with Gasteiger partial charge in [0.25, 0.3) is 0 Å². The quantitative estimate of drug-likeness (QED) is 0.937. The Morgan fingerprint density at radius 2 is 2.05 bits per heavy atom. The number of halogens is 1. The SMILES string of the molecule is CC1CC(C(=O)O)C(c2nc(-c3ccc(Cl)cc3)no2)C1. The average Bonchev–Trinajstić information content (AvgIpc) is 3.06. The Hall–Kier alpha value is -1.88. The number of aliphatic carboxylic acids is 1. The van der Waals surface area contributed by atoms with Crippen LogP contribution in [0.15, 0.2) is 28.8 Å². The van der Waals surface area contributed by atoms with Crippen LogP contribution in [0, 0.1) is 11.8 Å². The van der Waals surface area contributed by atoms with Gasteiger partial charge >= 0.3 is 5.97 Å². The summed E-state index contributed by atoms with van der Waals surface area (Å²) in [7, 11) is 0. The third-order valence-corrected chi connectivity index (χ3v) is 4.23. The number of rotatable bonds is 3. The summed E-state index contributed by atoms with van der Waals surface area (Å²) in [6.45, 7) is 2.05. The van der Waals surface area contributed by atoms with E-state index in [1.807, 2.05) is 19.1 Å². The van der Waals surface area contributed by atoms with E-state index in [4.69, 9.17) is 16.1 Å². The molecule has 1 aromatic heterocycles. The van der Waals surface area contributed by atoms with Crippen LogP contribution in [0.5, 0.6) is 0 Å². The summed E-state index contributed by atoms with van der Waals surface area (Å²) in [5, 5.41) is 13.9. The number of carboxylic acids is 1. The predicted octanol–water partition coefficient (Wildman–Crippen LogP) is 3.60. The van der Waals surface area contributed by atoms with Crippen LogP contribution in [0.1, 0.15) is 31.6 Å². The number of nitrogens with zero attached hydrogens (tertiary/aromatic N) is 2. The molecular formula is C15H15ClN2O3. The van der Waals surface area contributed by atoms with Crippen LogP contribution in [0.4, 0.5) is 0 Å². The fourth-order valence-electron chi connectivity index (χ4n) is 2.94. The molecule has 1 aliphatic rings. The average molecular weight is 307 g/mol. The lowest BCUT2D eigenvalue weighted by Gasteiger charge is -2.09. The first-order valence-electron chi connectivity index (χ1n) is 6.87. The van der Waals surface area contributed by atoms with Crippen molar-refractivity contribution in [2.45, 2.75) is 25.7 Å². The van der Waals surface area contributed by atoms with Crippen molar-refractivity contribution in [1.82, 2.24) is 10.1 Å². The number of carboxylic acid groups (broad SMARTS) is 1. The molecule has 21 heavy (non-hydrogen) atoms. The monoisotopic (exact) mass is 306 g/mol. The van der Waals surface area contributed by atoms with Gasteiger partial charge in [-0.1, -0.05) is 23.7 Å². The van der Waals surface area contributed by atoms with Crippen LogP contribution >= 0.6 is 11.6 Å². The number of hydrogen-bond donors (Lipinski definition) is 1. The van der Waals surface area contributed by atoms with E-state index in [0.29, 0.717) is 29.1 Å². The highest BCUT2D eigenvalue weighted by Crippen LogP contribution is 2.42. The second kappa shape index (κ2) is 5.48. The van der Waals surface area contributed by atoms with Gasteiger partial charge in [0.05, 0.1) is 11.8 Å². The zero-order valence-corrected chi connectivity index (χ0v) is 12.2. The van der Waals surface area contributed by atoms with Gasteiger partial charge in [0, 0.05) is 10.6 Å². The topological polar surface area (TPSA) is 76.2 Å². The molecule has 110 valence electrons. The second-order valence-electron chi connectivity index (χ2n) is 5.59. The van der Waals surface area contributed by atoms with Gasteiger partial charge in [0.1, 0.15) is 0 Å². The first kappa shape index (κ1) is 14.1. The maximum Gasteiger partial charge on any atom is 0.307 e. The van der Waals surface area contributed by atoms with Crippen molar-refractivity contribution in [2.75, 3.05) is 0 Å². The summed E-state index contributed by atoms with van der Waals surface area (Å²) in [6.07, 6.45) is 1.41. The molecule has 1 N–H and O–H groups in total. The van der Waals surface area contributed by atoms with E-state index in [1.165, 1.54) is 0 Å². The van der Waals surface area contributed by atoms with E-state index in [0.717, 1.165) is 12.0 Å². The normalized spacial score (nSPS) is 25.1. The molecule has 0 saturated heterocycles. The summed E-state index contributed by atoms with van der Waals surface area (Å²) in [6, 6.07) is 7.13. The molecule has 2 aromatic rings. The largest absolute Gasteiger partial charge is 0.481 e. The highest BCUT2D eigenvalue weighted by molar-refractivity contribution is 6.30. The molecule has 1 aliphatic carbocycles. The maximum atomic E-state index is 11.3.